The molecule has 17 heavy (non-hydrogen) atoms. The van der Waals surface area contributed by atoms with Crippen LogP contribution in [0.2, 0.25) is 5.02 Å². The van der Waals surface area contributed by atoms with Crippen LogP contribution in [0.3, 0.4) is 0 Å². The van der Waals surface area contributed by atoms with Crippen molar-refractivity contribution in [3.8, 4) is 0 Å². The van der Waals surface area contributed by atoms with Crippen LogP contribution < -0.4 is 5.32 Å². The molecule has 0 fully saturated rings. The van der Waals surface area contributed by atoms with Crippen LogP contribution in [-0.4, -0.2) is 30.8 Å². The van der Waals surface area contributed by atoms with E-state index in [1.165, 1.54) is 7.11 Å². The number of hydrogen-bond donors (Lipinski definition) is 2. The zero-order valence-electron chi connectivity index (χ0n) is 9.81. The predicted molar refractivity (Wildman–Crippen MR) is 66.3 cm³/mol. The maximum Gasteiger partial charge on any atom is 0.323 e. The maximum absolute atomic E-state index is 11.0. The number of nitrogens with one attached hydrogen (secondary N) is 1. The van der Waals surface area contributed by atoms with Gasteiger partial charge in [-0.3, -0.25) is 10.1 Å². The van der Waals surface area contributed by atoms with E-state index in [1.807, 2.05) is 25.1 Å². The van der Waals surface area contributed by atoms with Gasteiger partial charge in [-0.1, -0.05) is 23.7 Å². The molecule has 0 aliphatic heterocycles. The average molecular weight is 258 g/mol. The Bertz CT molecular complexity index is 384. The van der Waals surface area contributed by atoms with Crippen molar-refractivity contribution in [2.24, 2.45) is 0 Å². The van der Waals surface area contributed by atoms with Gasteiger partial charge < -0.3 is 9.84 Å². The number of rotatable bonds is 6. The molecule has 0 bridgehead atoms. The molecule has 2 atom stereocenters. The van der Waals surface area contributed by atoms with Gasteiger partial charge in [0.1, 0.15) is 6.04 Å². The zero-order valence-corrected chi connectivity index (χ0v) is 10.6. The lowest BCUT2D eigenvalue weighted by Crippen LogP contribution is -2.41. The molecule has 0 saturated heterocycles. The molecule has 0 amide bonds. The SMILES string of the molecule is COCC(N[C@@H](C)c1cccc(Cl)c1)C(=O)O. The van der Waals surface area contributed by atoms with Crippen molar-refractivity contribution in [3.05, 3.63) is 34.9 Å². The summed E-state index contributed by atoms with van der Waals surface area (Å²) in [7, 11) is 1.47. The van der Waals surface area contributed by atoms with Crippen molar-refractivity contribution in [2.75, 3.05) is 13.7 Å². The van der Waals surface area contributed by atoms with E-state index in [-0.39, 0.29) is 12.6 Å². The molecular weight excluding hydrogens is 242 g/mol. The monoisotopic (exact) mass is 257 g/mol. The summed E-state index contributed by atoms with van der Waals surface area (Å²) in [5.41, 5.74) is 0.944. The lowest BCUT2D eigenvalue weighted by molar-refractivity contribution is -0.141. The molecule has 0 radical (unpaired) electrons. The second-order valence-corrected chi connectivity index (χ2v) is 4.23. The zero-order chi connectivity index (χ0) is 12.8. The summed E-state index contributed by atoms with van der Waals surface area (Å²) in [5, 5.41) is 12.6. The molecule has 1 aromatic rings. The molecule has 1 rings (SSSR count). The fourth-order valence-electron chi connectivity index (χ4n) is 1.53. The highest BCUT2D eigenvalue weighted by atomic mass is 35.5. The van der Waals surface area contributed by atoms with Crippen molar-refractivity contribution in [3.63, 3.8) is 0 Å². The summed E-state index contributed by atoms with van der Waals surface area (Å²) >= 11 is 5.88. The van der Waals surface area contributed by atoms with E-state index >= 15 is 0 Å². The summed E-state index contributed by atoms with van der Waals surface area (Å²) in [6.07, 6.45) is 0. The highest BCUT2D eigenvalue weighted by Crippen LogP contribution is 2.17. The van der Waals surface area contributed by atoms with Gasteiger partial charge in [-0.05, 0) is 24.6 Å². The largest absolute Gasteiger partial charge is 0.480 e. The third kappa shape index (κ3) is 4.34. The lowest BCUT2D eigenvalue weighted by Gasteiger charge is -2.20. The van der Waals surface area contributed by atoms with Gasteiger partial charge in [-0.25, -0.2) is 0 Å². The first-order chi connectivity index (χ1) is 8.04. The number of hydrogen-bond acceptors (Lipinski definition) is 3. The molecule has 0 saturated carbocycles. The van der Waals surface area contributed by atoms with Gasteiger partial charge in [-0.15, -0.1) is 0 Å². The third-order valence-corrected chi connectivity index (χ3v) is 2.67. The third-order valence-electron chi connectivity index (χ3n) is 2.43. The molecule has 0 spiro atoms. The van der Waals surface area contributed by atoms with Crippen LogP contribution >= 0.6 is 11.6 Å². The smallest absolute Gasteiger partial charge is 0.323 e. The number of carboxylic acid groups (broad SMARTS) is 1. The van der Waals surface area contributed by atoms with E-state index < -0.39 is 12.0 Å². The first-order valence-corrected chi connectivity index (χ1v) is 5.65. The number of benzene rings is 1. The Hall–Kier alpha value is -1.10. The van der Waals surface area contributed by atoms with E-state index in [2.05, 4.69) is 5.32 Å². The van der Waals surface area contributed by atoms with Crippen LogP contribution in [0.1, 0.15) is 18.5 Å². The van der Waals surface area contributed by atoms with Crippen molar-refractivity contribution < 1.29 is 14.6 Å². The van der Waals surface area contributed by atoms with Crippen molar-refractivity contribution >= 4 is 17.6 Å². The predicted octanol–water partition coefficient (Wildman–Crippen LogP) is 2.09. The maximum atomic E-state index is 11.0. The van der Waals surface area contributed by atoms with Crippen LogP contribution in [0.15, 0.2) is 24.3 Å². The van der Waals surface area contributed by atoms with Gasteiger partial charge in [0.25, 0.3) is 0 Å². The number of ether oxygens (including phenoxy) is 1. The number of aliphatic carboxylic acids is 1. The van der Waals surface area contributed by atoms with E-state index in [0.717, 1.165) is 5.56 Å². The number of methoxy groups -OCH3 is 1. The Labute approximate surface area is 106 Å². The molecular formula is C12H16ClNO3. The minimum absolute atomic E-state index is 0.107. The second kappa shape index (κ2) is 6.59. The first-order valence-electron chi connectivity index (χ1n) is 5.28. The summed E-state index contributed by atoms with van der Waals surface area (Å²) in [5.74, 6) is -0.930. The molecule has 0 heterocycles. The fourth-order valence-corrected chi connectivity index (χ4v) is 1.73. The average Bonchev–Trinajstić information content (AvgIpc) is 2.28. The molecule has 0 aromatic heterocycles. The van der Waals surface area contributed by atoms with Gasteiger partial charge in [0.05, 0.1) is 6.61 Å². The Morgan fingerprint density at radius 2 is 2.29 bits per heavy atom. The second-order valence-electron chi connectivity index (χ2n) is 3.79. The van der Waals surface area contributed by atoms with Crippen LogP contribution in [0.5, 0.6) is 0 Å². The Kier molecular flexibility index (Phi) is 5.41. The van der Waals surface area contributed by atoms with Crippen LogP contribution in [0, 0.1) is 0 Å². The number of carbonyl (C=O) groups is 1. The van der Waals surface area contributed by atoms with Gasteiger partial charge in [0.15, 0.2) is 0 Å². The Balaban J connectivity index is 2.69. The molecule has 94 valence electrons. The number of halogens is 1. The van der Waals surface area contributed by atoms with Crippen molar-refractivity contribution in [1.82, 2.24) is 5.32 Å². The van der Waals surface area contributed by atoms with Crippen LogP contribution in [0.4, 0.5) is 0 Å². The molecule has 5 heteroatoms. The highest BCUT2D eigenvalue weighted by Gasteiger charge is 2.19. The topological polar surface area (TPSA) is 58.6 Å². The summed E-state index contributed by atoms with van der Waals surface area (Å²) in [6.45, 7) is 2.01. The lowest BCUT2D eigenvalue weighted by atomic mass is 10.1. The van der Waals surface area contributed by atoms with Crippen LogP contribution in [-0.2, 0) is 9.53 Å². The van der Waals surface area contributed by atoms with E-state index in [9.17, 15) is 4.79 Å². The van der Waals surface area contributed by atoms with Crippen LogP contribution in [0.25, 0.3) is 0 Å². The quantitative estimate of drug-likeness (QED) is 0.819. The highest BCUT2D eigenvalue weighted by molar-refractivity contribution is 6.30. The summed E-state index contributed by atoms with van der Waals surface area (Å²) in [6, 6.07) is 6.49. The summed E-state index contributed by atoms with van der Waals surface area (Å²) < 4.78 is 4.86. The standard InChI is InChI=1S/C12H16ClNO3/c1-8(9-4-3-5-10(13)6-9)14-11(7-17-2)12(15)16/h3-6,8,11,14H,7H2,1-2H3,(H,15,16)/t8-,11?/m0/s1. The van der Waals surface area contributed by atoms with E-state index in [4.69, 9.17) is 21.4 Å². The normalized spacial score (nSPS) is 14.3. The first kappa shape index (κ1) is 14.0. The van der Waals surface area contributed by atoms with E-state index in [0.29, 0.717) is 5.02 Å². The van der Waals surface area contributed by atoms with Gasteiger partial charge >= 0.3 is 5.97 Å². The fraction of sp³-hybridized carbons (Fsp3) is 0.417. The Morgan fingerprint density at radius 1 is 1.59 bits per heavy atom. The molecule has 1 unspecified atom stereocenters. The molecule has 0 aliphatic rings. The van der Waals surface area contributed by atoms with Gasteiger partial charge in [-0.2, -0.15) is 0 Å². The molecule has 2 N–H and O–H groups in total. The minimum Gasteiger partial charge on any atom is -0.480 e. The molecule has 1 aromatic carbocycles. The van der Waals surface area contributed by atoms with Gasteiger partial charge in [0.2, 0.25) is 0 Å². The van der Waals surface area contributed by atoms with Crippen molar-refractivity contribution in [2.45, 2.75) is 19.0 Å². The number of carboxylic acids is 1. The van der Waals surface area contributed by atoms with Crippen molar-refractivity contribution in [1.29, 1.82) is 0 Å². The van der Waals surface area contributed by atoms with Gasteiger partial charge in [0, 0.05) is 18.2 Å². The summed E-state index contributed by atoms with van der Waals surface area (Å²) in [4.78, 5) is 11.0. The molecule has 4 nitrogen and oxygen atoms in total. The van der Waals surface area contributed by atoms with E-state index in [1.54, 1.807) is 6.07 Å². The Morgan fingerprint density at radius 3 is 2.82 bits per heavy atom. The minimum atomic E-state index is -0.930. The molecule has 0 aliphatic carbocycles.